The Balaban J connectivity index is 1.91. The average molecular weight is 319 g/mol. The summed E-state index contributed by atoms with van der Waals surface area (Å²) < 4.78 is 0.235. The van der Waals surface area contributed by atoms with E-state index in [1.807, 2.05) is 0 Å². The Morgan fingerprint density at radius 2 is 2.26 bits per heavy atom. The van der Waals surface area contributed by atoms with E-state index < -0.39 is 0 Å². The largest absolute Gasteiger partial charge is 0.361 e. The van der Waals surface area contributed by atoms with E-state index in [9.17, 15) is 0 Å². The number of fused-ring (bicyclic) bond motifs is 2. The van der Waals surface area contributed by atoms with Crippen LogP contribution >= 0.6 is 15.9 Å². The maximum absolute atomic E-state index is 3.92. The van der Waals surface area contributed by atoms with Crippen molar-refractivity contribution in [2.75, 3.05) is 13.6 Å². The van der Waals surface area contributed by atoms with Gasteiger partial charge in [-0.15, -0.1) is 0 Å². The van der Waals surface area contributed by atoms with Gasteiger partial charge >= 0.3 is 0 Å². The summed E-state index contributed by atoms with van der Waals surface area (Å²) in [5, 5.41) is 1.49. The summed E-state index contributed by atoms with van der Waals surface area (Å²) in [5.41, 5.74) is 4.34. The second-order valence-electron chi connectivity index (χ2n) is 6.49. The molecule has 2 heterocycles. The van der Waals surface area contributed by atoms with Gasteiger partial charge in [-0.25, -0.2) is 0 Å². The van der Waals surface area contributed by atoms with Gasteiger partial charge in [0.05, 0.1) is 0 Å². The number of halogens is 1. The third-order valence-corrected chi connectivity index (χ3v) is 5.48. The van der Waals surface area contributed by atoms with Gasteiger partial charge in [0.15, 0.2) is 0 Å². The maximum atomic E-state index is 3.92. The number of nitrogens with one attached hydrogen (secondary N) is 1. The Morgan fingerprint density at radius 3 is 3.11 bits per heavy atom. The molecule has 0 spiro atoms. The monoisotopic (exact) mass is 318 g/mol. The minimum atomic E-state index is 0.235. The van der Waals surface area contributed by atoms with Gasteiger partial charge in [0.2, 0.25) is 0 Å². The number of likely N-dealkylation sites (N-methyl/N-ethyl adjacent to an activating group) is 1. The number of likely N-dealkylation sites (tertiary alicyclic amines) is 1. The first-order valence-electron chi connectivity index (χ1n) is 7.03. The lowest BCUT2D eigenvalue weighted by Crippen LogP contribution is -2.52. The van der Waals surface area contributed by atoms with E-state index in [0.29, 0.717) is 12.0 Å². The van der Waals surface area contributed by atoms with Gasteiger partial charge in [-0.1, -0.05) is 28.1 Å². The Hall–Kier alpha value is -0.800. The molecule has 1 aliphatic carbocycles. The molecule has 2 nitrogen and oxygen atoms in total. The molecular weight excluding hydrogens is 300 g/mol. The number of hydrogen-bond acceptors (Lipinski definition) is 1. The molecule has 19 heavy (non-hydrogen) atoms. The zero-order valence-corrected chi connectivity index (χ0v) is 13.0. The van der Waals surface area contributed by atoms with Crippen molar-refractivity contribution in [3.63, 3.8) is 0 Å². The molecule has 0 unspecified atom stereocenters. The van der Waals surface area contributed by atoms with Crippen LogP contribution in [0.15, 0.2) is 24.4 Å². The lowest BCUT2D eigenvalue weighted by molar-refractivity contribution is 0.136. The topological polar surface area (TPSA) is 19.0 Å². The zero-order chi connectivity index (χ0) is 13.2. The van der Waals surface area contributed by atoms with Crippen LogP contribution in [-0.2, 0) is 6.42 Å². The fourth-order valence-electron chi connectivity index (χ4n) is 4.20. The standard InChI is InChI=1S/C16H19BrN2/c1-16(17)7-12-11-4-3-5-13-15(11)10(8-18-13)6-14(12)19(2)9-16/h3-5,8,12,14,18H,6-7,9H2,1-2H3/t12-,14-,16+/m1/s1. The summed E-state index contributed by atoms with van der Waals surface area (Å²) in [6.07, 6.45) is 4.62. The highest BCUT2D eigenvalue weighted by atomic mass is 79.9. The average Bonchev–Trinajstić information content (AvgIpc) is 2.75. The first-order valence-corrected chi connectivity index (χ1v) is 7.82. The van der Waals surface area contributed by atoms with Gasteiger partial charge in [0.1, 0.15) is 0 Å². The molecule has 2 aromatic rings. The summed E-state index contributed by atoms with van der Waals surface area (Å²) >= 11 is 3.92. The number of aromatic nitrogens is 1. The number of rotatable bonds is 0. The van der Waals surface area contributed by atoms with E-state index in [-0.39, 0.29) is 4.32 Å². The minimum Gasteiger partial charge on any atom is -0.361 e. The van der Waals surface area contributed by atoms with E-state index in [4.69, 9.17) is 0 Å². The molecule has 0 saturated carbocycles. The number of hydrogen-bond donors (Lipinski definition) is 1. The first kappa shape index (κ1) is 12.0. The molecular formula is C16H19BrN2. The Kier molecular flexibility index (Phi) is 2.43. The predicted molar refractivity (Wildman–Crippen MR) is 83.1 cm³/mol. The van der Waals surface area contributed by atoms with Crippen molar-refractivity contribution in [2.24, 2.45) is 0 Å². The van der Waals surface area contributed by atoms with E-state index in [1.165, 1.54) is 29.3 Å². The number of alkyl halides is 1. The molecule has 0 radical (unpaired) electrons. The van der Waals surface area contributed by atoms with Gasteiger partial charge in [0, 0.05) is 39.9 Å². The van der Waals surface area contributed by atoms with Crippen LogP contribution in [0.2, 0.25) is 0 Å². The second-order valence-corrected chi connectivity index (χ2v) is 8.41. The van der Waals surface area contributed by atoms with E-state index in [0.717, 1.165) is 6.54 Å². The van der Waals surface area contributed by atoms with E-state index in [2.05, 4.69) is 64.2 Å². The van der Waals surface area contributed by atoms with Crippen LogP contribution in [0.25, 0.3) is 10.9 Å². The molecule has 1 aliphatic heterocycles. The predicted octanol–water partition coefficient (Wildman–Crippen LogP) is 3.67. The van der Waals surface area contributed by atoms with Crippen LogP contribution < -0.4 is 0 Å². The van der Waals surface area contributed by atoms with Crippen molar-refractivity contribution >= 4 is 26.8 Å². The van der Waals surface area contributed by atoms with Crippen LogP contribution in [0.1, 0.15) is 30.4 Å². The van der Waals surface area contributed by atoms with Gasteiger partial charge in [0.25, 0.3) is 0 Å². The molecule has 1 N–H and O–H groups in total. The van der Waals surface area contributed by atoms with Crippen molar-refractivity contribution in [3.05, 3.63) is 35.5 Å². The third kappa shape index (κ3) is 1.71. The molecule has 100 valence electrons. The van der Waals surface area contributed by atoms with Gasteiger partial charge in [-0.05, 0) is 44.0 Å². The summed E-state index contributed by atoms with van der Waals surface area (Å²) in [6, 6.07) is 7.38. The fourth-order valence-corrected chi connectivity index (χ4v) is 4.94. The molecule has 0 amide bonds. The van der Waals surface area contributed by atoms with Crippen molar-refractivity contribution in [1.29, 1.82) is 0 Å². The summed E-state index contributed by atoms with van der Waals surface area (Å²) in [7, 11) is 2.27. The Bertz CT molecular complexity index is 643. The molecule has 3 heteroatoms. The smallest absolute Gasteiger partial charge is 0.0459 e. The number of H-pyrrole nitrogens is 1. The van der Waals surface area contributed by atoms with Crippen LogP contribution in [0.3, 0.4) is 0 Å². The van der Waals surface area contributed by atoms with Crippen LogP contribution in [0.5, 0.6) is 0 Å². The lowest BCUT2D eigenvalue weighted by atomic mass is 9.73. The maximum Gasteiger partial charge on any atom is 0.0459 e. The van der Waals surface area contributed by atoms with E-state index in [1.54, 1.807) is 5.56 Å². The Labute approximate surface area is 122 Å². The molecule has 1 saturated heterocycles. The summed E-state index contributed by atoms with van der Waals surface area (Å²) in [5.74, 6) is 0.648. The summed E-state index contributed by atoms with van der Waals surface area (Å²) in [6.45, 7) is 3.45. The number of aromatic amines is 1. The highest BCUT2D eigenvalue weighted by Gasteiger charge is 2.43. The molecule has 1 fully saturated rings. The molecule has 0 bridgehead atoms. The number of piperidine rings is 1. The molecule has 4 rings (SSSR count). The van der Waals surface area contributed by atoms with E-state index >= 15 is 0 Å². The quantitative estimate of drug-likeness (QED) is 0.734. The SMILES string of the molecule is CN1C[C@@](C)(Br)C[C@@H]2c3cccc4[nH]cc(c34)C[C@H]21. The highest BCUT2D eigenvalue weighted by molar-refractivity contribution is 9.10. The molecule has 2 aliphatic rings. The van der Waals surface area contributed by atoms with Crippen LogP contribution in [0.4, 0.5) is 0 Å². The fraction of sp³-hybridized carbons (Fsp3) is 0.500. The van der Waals surface area contributed by atoms with Crippen molar-refractivity contribution in [3.8, 4) is 0 Å². The normalized spacial score (nSPS) is 34.5. The van der Waals surface area contributed by atoms with Crippen molar-refractivity contribution in [2.45, 2.75) is 36.0 Å². The second kappa shape index (κ2) is 3.86. The van der Waals surface area contributed by atoms with Gasteiger partial charge in [-0.2, -0.15) is 0 Å². The lowest BCUT2D eigenvalue weighted by Gasteiger charge is -2.48. The van der Waals surface area contributed by atoms with Crippen LogP contribution in [-0.4, -0.2) is 33.8 Å². The van der Waals surface area contributed by atoms with Crippen molar-refractivity contribution < 1.29 is 0 Å². The number of nitrogens with zero attached hydrogens (tertiary/aromatic N) is 1. The van der Waals surface area contributed by atoms with Crippen molar-refractivity contribution in [1.82, 2.24) is 9.88 Å². The first-order chi connectivity index (χ1) is 9.05. The van der Waals surface area contributed by atoms with Crippen LogP contribution in [0, 0.1) is 0 Å². The number of benzene rings is 1. The van der Waals surface area contributed by atoms with Gasteiger partial charge in [-0.3, -0.25) is 0 Å². The molecule has 1 aromatic carbocycles. The molecule has 1 aromatic heterocycles. The summed E-state index contributed by atoms with van der Waals surface area (Å²) in [4.78, 5) is 5.97. The molecule has 3 atom stereocenters. The third-order valence-electron chi connectivity index (χ3n) is 4.90. The zero-order valence-electron chi connectivity index (χ0n) is 11.4. The van der Waals surface area contributed by atoms with Gasteiger partial charge < -0.3 is 9.88 Å². The Morgan fingerprint density at radius 1 is 1.42 bits per heavy atom. The minimum absolute atomic E-state index is 0.235. The highest BCUT2D eigenvalue weighted by Crippen LogP contribution is 2.47.